The second-order valence-electron chi connectivity index (χ2n) is 22.2. The highest BCUT2D eigenvalue weighted by molar-refractivity contribution is 7.45. The Balaban J connectivity index is 5.19. The number of carbonyl (C=O) groups excluding carboxylic acids is 2. The van der Waals surface area contributed by atoms with Crippen LogP contribution in [0, 0.1) is 0 Å². The minimum absolute atomic E-state index is 0.0265. The number of phosphoric acid groups is 1. The lowest BCUT2D eigenvalue weighted by molar-refractivity contribution is -0.870. The number of nitrogens with one attached hydrogen (secondary N) is 1. The number of hydrogen-bond acceptors (Lipinski definition) is 7. The predicted octanol–water partition coefficient (Wildman–Crippen LogP) is 18.6. The highest BCUT2D eigenvalue weighted by atomic mass is 31.2. The Morgan fingerprint density at radius 1 is 0.480 bits per heavy atom. The number of ether oxygens (including phenoxy) is 1. The Kier molecular flexibility index (Phi) is 52.9. The van der Waals surface area contributed by atoms with Gasteiger partial charge in [0.25, 0.3) is 7.82 Å². The molecule has 0 bridgehead atoms. The van der Waals surface area contributed by atoms with Gasteiger partial charge in [-0.25, -0.2) is 0 Å². The normalized spacial score (nSPS) is 14.2. The van der Waals surface area contributed by atoms with Gasteiger partial charge in [0.2, 0.25) is 5.91 Å². The first-order valence-corrected chi connectivity index (χ1v) is 32.7. The van der Waals surface area contributed by atoms with Gasteiger partial charge in [0.15, 0.2) is 0 Å². The van der Waals surface area contributed by atoms with Gasteiger partial charge in [0.05, 0.1) is 33.8 Å². The molecule has 0 aromatic heterocycles. The zero-order valence-corrected chi connectivity index (χ0v) is 50.6. The molecule has 3 atom stereocenters. The van der Waals surface area contributed by atoms with E-state index in [1.54, 1.807) is 0 Å². The molecule has 0 aliphatic rings. The molecule has 0 aromatic carbocycles. The number of esters is 1. The molecule has 3 unspecified atom stereocenters. The van der Waals surface area contributed by atoms with Crippen molar-refractivity contribution in [3.63, 3.8) is 0 Å². The van der Waals surface area contributed by atoms with Gasteiger partial charge in [0.1, 0.15) is 19.3 Å². The van der Waals surface area contributed by atoms with E-state index in [4.69, 9.17) is 13.8 Å². The van der Waals surface area contributed by atoms with Crippen LogP contribution in [0.1, 0.15) is 278 Å². The van der Waals surface area contributed by atoms with Crippen molar-refractivity contribution < 1.29 is 37.3 Å². The van der Waals surface area contributed by atoms with E-state index >= 15 is 0 Å². The average molecular weight is 1070 g/mol. The van der Waals surface area contributed by atoms with Crippen LogP contribution in [0.4, 0.5) is 0 Å². The zero-order chi connectivity index (χ0) is 55.0. The number of carbonyl (C=O) groups is 2. The first-order valence-electron chi connectivity index (χ1n) is 31.2. The SMILES string of the molecule is CC/C=C/C/C=C/CCCCCCCCCC(=O)NC(COP(=O)([O-])OCC[N+](C)(C)C)C(/C=C\CCCCCCCCCCCC)OC(=O)CCCCCCCCCCCC/C=C\C/C=C\C/C=C\CCCCC. The summed E-state index contributed by atoms with van der Waals surface area (Å²) < 4.78 is 30.3. The molecule has 0 rings (SSSR count). The highest BCUT2D eigenvalue weighted by Gasteiger charge is 2.27. The van der Waals surface area contributed by atoms with Crippen LogP contribution in [0.2, 0.25) is 0 Å². The number of phosphoric ester groups is 1. The summed E-state index contributed by atoms with van der Waals surface area (Å²) in [5.41, 5.74) is 0. The van der Waals surface area contributed by atoms with Crippen LogP contribution in [-0.2, 0) is 27.9 Å². The van der Waals surface area contributed by atoms with Crippen molar-refractivity contribution in [3.8, 4) is 0 Å². The van der Waals surface area contributed by atoms with Crippen LogP contribution >= 0.6 is 7.82 Å². The molecule has 75 heavy (non-hydrogen) atoms. The molecule has 1 N–H and O–H groups in total. The van der Waals surface area contributed by atoms with E-state index in [0.717, 1.165) is 103 Å². The van der Waals surface area contributed by atoms with Crippen LogP contribution in [0.3, 0.4) is 0 Å². The van der Waals surface area contributed by atoms with Crippen LogP contribution in [0.25, 0.3) is 0 Å². The second-order valence-corrected chi connectivity index (χ2v) is 23.6. The second kappa shape index (κ2) is 54.8. The molecule has 1 amide bonds. The lowest BCUT2D eigenvalue weighted by atomic mass is 10.0. The number of likely N-dealkylation sites (N-methyl/N-ethyl adjacent to an activating group) is 1. The molecular weight excluding hydrogens is 952 g/mol. The molecule has 0 heterocycles. The van der Waals surface area contributed by atoms with Crippen molar-refractivity contribution in [1.82, 2.24) is 5.32 Å². The summed E-state index contributed by atoms with van der Waals surface area (Å²) in [7, 11) is 1.17. The molecule has 0 saturated carbocycles. The number of quaternary nitrogens is 1. The Morgan fingerprint density at radius 3 is 1.31 bits per heavy atom. The number of unbranched alkanes of at least 4 members (excludes halogenated alkanes) is 30. The molecule has 0 radical (unpaired) electrons. The van der Waals surface area contributed by atoms with Gasteiger partial charge in [-0.05, 0) is 96.0 Å². The van der Waals surface area contributed by atoms with Crippen LogP contribution < -0.4 is 10.2 Å². The Bertz CT molecular complexity index is 1510. The lowest BCUT2D eigenvalue weighted by Gasteiger charge is -2.30. The minimum atomic E-state index is -4.70. The molecule has 0 fully saturated rings. The smallest absolute Gasteiger partial charge is 0.306 e. The third-order valence-electron chi connectivity index (χ3n) is 13.6. The van der Waals surface area contributed by atoms with Gasteiger partial charge in [-0.15, -0.1) is 0 Å². The molecular formula is C65H119N2O7P. The zero-order valence-electron chi connectivity index (χ0n) is 49.7. The van der Waals surface area contributed by atoms with Crippen molar-refractivity contribution in [3.05, 3.63) is 72.9 Å². The summed E-state index contributed by atoms with van der Waals surface area (Å²) in [6.45, 7) is 6.71. The number of amides is 1. The number of allylic oxidation sites excluding steroid dienone is 11. The fourth-order valence-electron chi connectivity index (χ4n) is 8.80. The van der Waals surface area contributed by atoms with Gasteiger partial charge in [-0.3, -0.25) is 14.2 Å². The van der Waals surface area contributed by atoms with E-state index in [0.29, 0.717) is 17.4 Å². The highest BCUT2D eigenvalue weighted by Crippen LogP contribution is 2.38. The molecule has 0 aliphatic heterocycles. The molecule has 0 saturated heterocycles. The summed E-state index contributed by atoms with van der Waals surface area (Å²) in [5, 5.41) is 3.02. The van der Waals surface area contributed by atoms with E-state index in [9.17, 15) is 19.0 Å². The number of nitrogens with zero attached hydrogens (tertiary/aromatic N) is 1. The molecule has 0 aromatic rings. The molecule has 9 nitrogen and oxygen atoms in total. The van der Waals surface area contributed by atoms with Gasteiger partial charge in [-0.1, -0.05) is 242 Å². The molecule has 0 aliphatic carbocycles. The van der Waals surface area contributed by atoms with E-state index in [1.165, 1.54) is 141 Å². The molecule has 10 heteroatoms. The van der Waals surface area contributed by atoms with Crippen molar-refractivity contribution in [2.75, 3.05) is 40.9 Å². The Labute approximate surface area is 463 Å². The largest absolute Gasteiger partial charge is 0.756 e. The van der Waals surface area contributed by atoms with Crippen molar-refractivity contribution >= 4 is 19.7 Å². The summed E-state index contributed by atoms with van der Waals surface area (Å²) in [6, 6.07) is -0.896. The van der Waals surface area contributed by atoms with E-state index in [1.807, 2.05) is 33.3 Å². The third-order valence-corrected chi connectivity index (χ3v) is 14.6. The van der Waals surface area contributed by atoms with Gasteiger partial charge in [-0.2, -0.15) is 0 Å². The van der Waals surface area contributed by atoms with Crippen LogP contribution in [0.5, 0.6) is 0 Å². The van der Waals surface area contributed by atoms with Crippen molar-refractivity contribution in [2.45, 2.75) is 290 Å². The van der Waals surface area contributed by atoms with Gasteiger partial charge >= 0.3 is 5.97 Å². The molecule has 0 spiro atoms. The Morgan fingerprint density at radius 2 is 0.853 bits per heavy atom. The first-order chi connectivity index (χ1) is 36.4. The predicted molar refractivity (Wildman–Crippen MR) is 321 cm³/mol. The standard InChI is InChI=1S/C65H119N2O7P/c1-7-10-13-16-19-22-25-28-30-31-32-33-34-35-36-37-38-40-43-46-49-52-55-58-65(69)74-63(56-53-50-47-44-41-27-24-21-18-15-12-9-3)62(61-73-75(70,71)72-60-59-67(4,5)6)66-64(68)57-54-51-48-45-42-39-29-26-23-20-17-14-11-8-2/h11,14,19-20,22-23,28,30,32-33,53,56,62-63H,7-10,12-13,15-18,21,24-27,29,31,34-52,54-55,57-61H2,1-6H3,(H-,66,68,70,71)/b14-11+,22-19-,23-20+,30-28-,33-32-,56-53-. The minimum Gasteiger partial charge on any atom is -0.756 e. The summed E-state index contributed by atoms with van der Waals surface area (Å²) in [5.74, 6) is -0.553. The van der Waals surface area contributed by atoms with Crippen molar-refractivity contribution in [1.29, 1.82) is 0 Å². The van der Waals surface area contributed by atoms with Crippen molar-refractivity contribution in [2.24, 2.45) is 0 Å². The van der Waals surface area contributed by atoms with Gasteiger partial charge in [0, 0.05) is 12.8 Å². The quantitative estimate of drug-likeness (QED) is 0.0212. The summed E-state index contributed by atoms with van der Waals surface area (Å²) in [4.78, 5) is 40.0. The van der Waals surface area contributed by atoms with Gasteiger partial charge < -0.3 is 28.5 Å². The fourth-order valence-corrected chi connectivity index (χ4v) is 9.52. The lowest BCUT2D eigenvalue weighted by Crippen LogP contribution is -2.47. The maximum absolute atomic E-state index is 13.5. The maximum Gasteiger partial charge on any atom is 0.306 e. The monoisotopic (exact) mass is 1070 g/mol. The average Bonchev–Trinajstić information content (AvgIpc) is 3.37. The van der Waals surface area contributed by atoms with E-state index < -0.39 is 26.6 Å². The summed E-state index contributed by atoms with van der Waals surface area (Å²) >= 11 is 0. The third kappa shape index (κ3) is 56.0. The number of rotatable bonds is 56. The maximum atomic E-state index is 13.5. The molecule has 436 valence electrons. The number of hydrogen-bond donors (Lipinski definition) is 1. The fraction of sp³-hybridized carbons (Fsp3) is 0.785. The summed E-state index contributed by atoms with van der Waals surface area (Å²) in [6.07, 6.45) is 70.1. The topological polar surface area (TPSA) is 114 Å². The van der Waals surface area contributed by atoms with E-state index in [2.05, 4.69) is 86.8 Å². The van der Waals surface area contributed by atoms with Crippen LogP contribution in [0.15, 0.2) is 72.9 Å². The van der Waals surface area contributed by atoms with E-state index in [-0.39, 0.29) is 24.9 Å². The first kappa shape index (κ1) is 72.5. The Hall–Kier alpha value is -2.55. The van der Waals surface area contributed by atoms with Crippen LogP contribution in [-0.4, -0.2) is 69.4 Å².